The molecule has 0 N–H and O–H groups in total. The summed E-state index contributed by atoms with van der Waals surface area (Å²) in [5.41, 5.74) is 4.29. The van der Waals surface area contributed by atoms with Gasteiger partial charge in [0, 0.05) is 0 Å². The second-order valence-corrected chi connectivity index (χ2v) is 5.67. The molecule has 0 fully saturated rings. The van der Waals surface area contributed by atoms with E-state index >= 15 is 0 Å². The molecule has 2 aromatic carbocycles. The molecule has 18 heavy (non-hydrogen) atoms. The van der Waals surface area contributed by atoms with Gasteiger partial charge < -0.3 is 0 Å². The summed E-state index contributed by atoms with van der Waals surface area (Å²) in [6.45, 7) is 4.49. The van der Waals surface area contributed by atoms with Gasteiger partial charge in [-0.2, -0.15) is 0 Å². The predicted molar refractivity (Wildman–Crippen MR) is 79.7 cm³/mol. The number of aryl methyl sites for hydroxylation is 1. The third-order valence-electron chi connectivity index (χ3n) is 4.04. The van der Waals surface area contributed by atoms with Crippen LogP contribution in [0.15, 0.2) is 42.5 Å². The zero-order valence-corrected chi connectivity index (χ0v) is 11.2. The number of allylic oxidation sites excluding steroid dienone is 2. The predicted octanol–water partition coefficient (Wildman–Crippen LogP) is 5.35. The smallest absolute Gasteiger partial charge is 0.0178 e. The van der Waals surface area contributed by atoms with Crippen LogP contribution in [0.1, 0.15) is 37.3 Å². The summed E-state index contributed by atoms with van der Waals surface area (Å²) >= 11 is 0. The Morgan fingerprint density at radius 3 is 2.56 bits per heavy atom. The van der Waals surface area contributed by atoms with Crippen molar-refractivity contribution in [2.45, 2.75) is 33.1 Å². The van der Waals surface area contributed by atoms with Gasteiger partial charge in [-0.25, -0.2) is 0 Å². The van der Waals surface area contributed by atoms with Crippen LogP contribution in [0.3, 0.4) is 0 Å². The molecule has 0 amide bonds. The molecule has 1 atom stereocenters. The molecule has 0 bridgehead atoms. The molecule has 0 spiro atoms. The summed E-state index contributed by atoms with van der Waals surface area (Å²) in [6.07, 6.45) is 6.24. The zero-order chi connectivity index (χ0) is 12.5. The summed E-state index contributed by atoms with van der Waals surface area (Å²) < 4.78 is 0. The molecule has 1 unspecified atom stereocenters. The first-order chi connectivity index (χ1) is 8.72. The fourth-order valence-electron chi connectivity index (χ4n) is 2.79. The van der Waals surface area contributed by atoms with Crippen molar-refractivity contribution in [3.05, 3.63) is 53.6 Å². The molecule has 0 aromatic heterocycles. The molecule has 0 saturated carbocycles. The molecule has 0 aliphatic heterocycles. The van der Waals surface area contributed by atoms with Gasteiger partial charge >= 0.3 is 0 Å². The molecular formula is C18H20. The molecule has 92 valence electrons. The van der Waals surface area contributed by atoms with Gasteiger partial charge in [0.15, 0.2) is 0 Å². The van der Waals surface area contributed by atoms with Crippen molar-refractivity contribution in [2.75, 3.05) is 0 Å². The molecule has 0 saturated heterocycles. The van der Waals surface area contributed by atoms with Crippen LogP contribution in [-0.4, -0.2) is 0 Å². The van der Waals surface area contributed by atoms with Crippen LogP contribution in [0.25, 0.3) is 16.3 Å². The summed E-state index contributed by atoms with van der Waals surface area (Å²) in [4.78, 5) is 0. The standard InChI is InChI=1S/C18H20/c1-13-3-6-15(7-4-13)17-10-9-16-11-14(2)5-8-18(16)12-17/h5-6,8-13H,3-4,7H2,1-2H3. The Labute approximate surface area is 109 Å². The van der Waals surface area contributed by atoms with E-state index in [2.05, 4.69) is 56.3 Å². The SMILES string of the molecule is Cc1ccc2cc(C3=CCC(C)CC3)ccc2c1. The number of rotatable bonds is 1. The van der Waals surface area contributed by atoms with Crippen molar-refractivity contribution in [2.24, 2.45) is 5.92 Å². The average Bonchev–Trinajstić information content (AvgIpc) is 2.39. The van der Waals surface area contributed by atoms with E-state index in [0.29, 0.717) is 0 Å². The van der Waals surface area contributed by atoms with Crippen LogP contribution < -0.4 is 0 Å². The number of hydrogen-bond acceptors (Lipinski definition) is 0. The minimum Gasteiger partial charge on any atom is -0.0805 e. The van der Waals surface area contributed by atoms with Gasteiger partial charge in [-0.05, 0) is 60.1 Å². The fraction of sp³-hybridized carbons (Fsp3) is 0.333. The third-order valence-corrected chi connectivity index (χ3v) is 4.04. The van der Waals surface area contributed by atoms with Gasteiger partial charge in [0.25, 0.3) is 0 Å². The fourth-order valence-corrected chi connectivity index (χ4v) is 2.79. The van der Waals surface area contributed by atoms with Crippen molar-refractivity contribution in [3.8, 4) is 0 Å². The Kier molecular flexibility index (Phi) is 2.95. The molecule has 1 aliphatic rings. The summed E-state index contributed by atoms with van der Waals surface area (Å²) in [5, 5.41) is 2.71. The van der Waals surface area contributed by atoms with E-state index in [1.807, 2.05) is 0 Å². The highest BCUT2D eigenvalue weighted by Crippen LogP contribution is 2.31. The first-order valence-electron chi connectivity index (χ1n) is 6.92. The van der Waals surface area contributed by atoms with Crippen LogP contribution in [0.2, 0.25) is 0 Å². The van der Waals surface area contributed by atoms with Crippen LogP contribution in [0.4, 0.5) is 0 Å². The maximum atomic E-state index is 2.43. The molecule has 0 heteroatoms. The van der Waals surface area contributed by atoms with Crippen molar-refractivity contribution in [1.29, 1.82) is 0 Å². The molecule has 1 aliphatic carbocycles. The number of fused-ring (bicyclic) bond motifs is 1. The van der Waals surface area contributed by atoms with E-state index in [1.54, 1.807) is 0 Å². The van der Waals surface area contributed by atoms with Crippen LogP contribution >= 0.6 is 0 Å². The summed E-state index contributed by atoms with van der Waals surface area (Å²) in [5.74, 6) is 0.858. The zero-order valence-electron chi connectivity index (χ0n) is 11.2. The Morgan fingerprint density at radius 2 is 1.78 bits per heavy atom. The van der Waals surface area contributed by atoms with Crippen LogP contribution in [0.5, 0.6) is 0 Å². The Morgan fingerprint density at radius 1 is 1.00 bits per heavy atom. The Bertz CT molecular complexity index is 604. The van der Waals surface area contributed by atoms with E-state index in [-0.39, 0.29) is 0 Å². The second-order valence-electron chi connectivity index (χ2n) is 5.67. The third kappa shape index (κ3) is 2.20. The molecule has 0 radical (unpaired) electrons. The lowest BCUT2D eigenvalue weighted by atomic mass is 9.87. The van der Waals surface area contributed by atoms with Gasteiger partial charge in [-0.3, -0.25) is 0 Å². The first-order valence-corrected chi connectivity index (χ1v) is 6.92. The number of benzene rings is 2. The molecule has 0 nitrogen and oxygen atoms in total. The first kappa shape index (κ1) is 11.5. The van der Waals surface area contributed by atoms with Crippen molar-refractivity contribution < 1.29 is 0 Å². The van der Waals surface area contributed by atoms with Crippen molar-refractivity contribution in [3.63, 3.8) is 0 Å². The van der Waals surface area contributed by atoms with Crippen LogP contribution in [0, 0.1) is 12.8 Å². The van der Waals surface area contributed by atoms with Gasteiger partial charge in [0.2, 0.25) is 0 Å². The lowest BCUT2D eigenvalue weighted by molar-refractivity contribution is 0.534. The minimum absolute atomic E-state index is 0.858. The summed E-state index contributed by atoms with van der Waals surface area (Å²) in [7, 11) is 0. The lowest BCUT2D eigenvalue weighted by Gasteiger charge is -2.18. The molecule has 0 heterocycles. The molecular weight excluding hydrogens is 216 g/mol. The molecule has 3 rings (SSSR count). The normalized spacial score (nSPS) is 19.9. The highest BCUT2D eigenvalue weighted by Gasteiger charge is 2.11. The quantitative estimate of drug-likeness (QED) is 0.626. The maximum absolute atomic E-state index is 2.43. The van der Waals surface area contributed by atoms with E-state index in [0.717, 1.165) is 5.92 Å². The monoisotopic (exact) mass is 236 g/mol. The van der Waals surface area contributed by atoms with E-state index in [4.69, 9.17) is 0 Å². The van der Waals surface area contributed by atoms with E-state index in [9.17, 15) is 0 Å². The Balaban J connectivity index is 2.01. The van der Waals surface area contributed by atoms with E-state index < -0.39 is 0 Å². The highest BCUT2D eigenvalue weighted by molar-refractivity contribution is 5.87. The minimum atomic E-state index is 0.858. The average molecular weight is 236 g/mol. The maximum Gasteiger partial charge on any atom is -0.0178 e. The van der Waals surface area contributed by atoms with Gasteiger partial charge in [-0.15, -0.1) is 0 Å². The van der Waals surface area contributed by atoms with Crippen molar-refractivity contribution in [1.82, 2.24) is 0 Å². The summed E-state index contributed by atoms with van der Waals surface area (Å²) in [6, 6.07) is 13.6. The van der Waals surface area contributed by atoms with E-state index in [1.165, 1.54) is 46.7 Å². The van der Waals surface area contributed by atoms with Gasteiger partial charge in [0.05, 0.1) is 0 Å². The largest absolute Gasteiger partial charge is 0.0805 e. The van der Waals surface area contributed by atoms with Gasteiger partial charge in [0.1, 0.15) is 0 Å². The topological polar surface area (TPSA) is 0 Å². The van der Waals surface area contributed by atoms with Crippen molar-refractivity contribution >= 4 is 16.3 Å². The highest BCUT2D eigenvalue weighted by atomic mass is 14.2. The lowest BCUT2D eigenvalue weighted by Crippen LogP contribution is -2.00. The Hall–Kier alpha value is -1.56. The second kappa shape index (κ2) is 4.61. The molecule has 2 aromatic rings. The van der Waals surface area contributed by atoms with Gasteiger partial charge in [-0.1, -0.05) is 48.9 Å². The number of hydrogen-bond donors (Lipinski definition) is 0. The van der Waals surface area contributed by atoms with Crippen LogP contribution in [-0.2, 0) is 0 Å².